The smallest absolute Gasteiger partial charge is 0.237 e. The maximum Gasteiger partial charge on any atom is 0.237 e. The van der Waals surface area contributed by atoms with Crippen molar-refractivity contribution < 1.29 is 9.59 Å². The molecule has 134 valence electrons. The van der Waals surface area contributed by atoms with E-state index in [2.05, 4.69) is 11.4 Å². The van der Waals surface area contributed by atoms with Crippen molar-refractivity contribution in [1.29, 1.82) is 0 Å². The van der Waals surface area contributed by atoms with Gasteiger partial charge in [-0.25, -0.2) is 0 Å². The van der Waals surface area contributed by atoms with Crippen LogP contribution in [0.4, 0.5) is 11.4 Å². The highest BCUT2D eigenvalue weighted by Crippen LogP contribution is 2.31. The second-order valence-electron chi connectivity index (χ2n) is 6.86. The average molecular weight is 366 g/mol. The van der Waals surface area contributed by atoms with Gasteiger partial charge in [-0.2, -0.15) is 0 Å². The van der Waals surface area contributed by atoms with E-state index in [1.54, 1.807) is 0 Å². The zero-order valence-corrected chi connectivity index (χ0v) is 15.4. The van der Waals surface area contributed by atoms with Crippen LogP contribution in [-0.4, -0.2) is 24.1 Å². The number of rotatable bonds is 5. The highest BCUT2D eigenvalue weighted by molar-refractivity contribution is 8.00. The molecule has 2 aromatic rings. The lowest BCUT2D eigenvalue weighted by Gasteiger charge is -2.29. The first-order valence-corrected chi connectivity index (χ1v) is 10.1. The summed E-state index contributed by atoms with van der Waals surface area (Å²) in [6.07, 6.45) is 4.03. The first kappa shape index (κ1) is 17.2. The zero-order valence-electron chi connectivity index (χ0n) is 14.6. The second kappa shape index (κ2) is 7.54. The van der Waals surface area contributed by atoms with E-state index in [4.69, 9.17) is 0 Å². The largest absolute Gasteiger partial charge is 0.326 e. The number of benzene rings is 2. The third-order valence-corrected chi connectivity index (χ3v) is 5.80. The minimum atomic E-state index is 0.105. The summed E-state index contributed by atoms with van der Waals surface area (Å²) in [5.41, 5.74) is 3.11. The first-order valence-electron chi connectivity index (χ1n) is 9.13. The Morgan fingerprint density at radius 3 is 2.81 bits per heavy atom. The van der Waals surface area contributed by atoms with Crippen LogP contribution in [0.1, 0.15) is 24.8 Å². The number of amides is 2. The summed E-state index contributed by atoms with van der Waals surface area (Å²) in [7, 11) is 0. The summed E-state index contributed by atoms with van der Waals surface area (Å²) >= 11 is 1.52. The maximum absolute atomic E-state index is 12.7. The van der Waals surface area contributed by atoms with Gasteiger partial charge in [0.25, 0.3) is 0 Å². The van der Waals surface area contributed by atoms with Crippen LogP contribution in [0.2, 0.25) is 0 Å². The van der Waals surface area contributed by atoms with Crippen LogP contribution in [-0.2, 0) is 16.0 Å². The van der Waals surface area contributed by atoms with Crippen molar-refractivity contribution in [3.63, 3.8) is 0 Å². The van der Waals surface area contributed by atoms with Gasteiger partial charge in [-0.3, -0.25) is 9.59 Å². The van der Waals surface area contributed by atoms with Gasteiger partial charge in [0.1, 0.15) is 0 Å². The van der Waals surface area contributed by atoms with Gasteiger partial charge in [0, 0.05) is 28.7 Å². The highest BCUT2D eigenvalue weighted by atomic mass is 32.2. The minimum absolute atomic E-state index is 0.105. The van der Waals surface area contributed by atoms with Crippen LogP contribution in [0, 0.1) is 5.92 Å². The second-order valence-corrected chi connectivity index (χ2v) is 7.91. The SMILES string of the molecule is O=C(Nc1cccc(SCC(=O)N2CCCc3ccccc32)c1)C1CC1. The number of fused-ring (bicyclic) bond motifs is 1. The molecule has 4 rings (SSSR count). The summed E-state index contributed by atoms with van der Waals surface area (Å²) < 4.78 is 0. The monoisotopic (exact) mass is 366 g/mol. The molecule has 0 aromatic heterocycles. The molecule has 0 unspecified atom stereocenters. The van der Waals surface area contributed by atoms with Crippen LogP contribution < -0.4 is 10.2 Å². The molecule has 2 aliphatic rings. The highest BCUT2D eigenvalue weighted by Gasteiger charge is 2.29. The number of para-hydroxylation sites is 1. The molecule has 1 heterocycles. The van der Waals surface area contributed by atoms with Gasteiger partial charge in [-0.15, -0.1) is 11.8 Å². The molecular weight excluding hydrogens is 344 g/mol. The molecule has 5 heteroatoms. The van der Waals surface area contributed by atoms with Crippen molar-refractivity contribution in [2.45, 2.75) is 30.6 Å². The van der Waals surface area contributed by atoms with E-state index in [-0.39, 0.29) is 17.7 Å². The lowest BCUT2D eigenvalue weighted by atomic mass is 10.0. The lowest BCUT2D eigenvalue weighted by Crippen LogP contribution is -2.36. The van der Waals surface area contributed by atoms with Gasteiger partial charge < -0.3 is 10.2 Å². The number of hydrogen-bond acceptors (Lipinski definition) is 3. The van der Waals surface area contributed by atoms with Crippen LogP contribution in [0.3, 0.4) is 0 Å². The van der Waals surface area contributed by atoms with E-state index in [0.717, 1.165) is 48.5 Å². The molecule has 0 bridgehead atoms. The van der Waals surface area contributed by atoms with Crippen molar-refractivity contribution in [2.75, 3.05) is 22.5 Å². The Morgan fingerprint density at radius 2 is 1.96 bits per heavy atom. The number of thioether (sulfide) groups is 1. The van der Waals surface area contributed by atoms with Crippen LogP contribution in [0.5, 0.6) is 0 Å². The molecule has 2 amide bonds. The minimum Gasteiger partial charge on any atom is -0.326 e. The van der Waals surface area contributed by atoms with Crippen LogP contribution >= 0.6 is 11.8 Å². The summed E-state index contributed by atoms with van der Waals surface area (Å²) in [5.74, 6) is 0.823. The Bertz CT molecular complexity index is 832. The average Bonchev–Trinajstić information content (AvgIpc) is 3.51. The van der Waals surface area contributed by atoms with Gasteiger partial charge in [-0.05, 0) is 55.5 Å². The Hall–Kier alpha value is -2.27. The predicted octanol–water partition coefficient (Wildman–Crippen LogP) is 4.11. The third-order valence-electron chi connectivity index (χ3n) is 4.82. The summed E-state index contributed by atoms with van der Waals surface area (Å²) in [5, 5.41) is 2.96. The number of nitrogens with one attached hydrogen (secondary N) is 1. The van der Waals surface area contributed by atoms with E-state index >= 15 is 0 Å². The fourth-order valence-electron chi connectivity index (χ4n) is 3.27. The van der Waals surface area contributed by atoms with Crippen molar-refractivity contribution >= 4 is 35.0 Å². The maximum atomic E-state index is 12.7. The number of hydrogen-bond donors (Lipinski definition) is 1. The van der Waals surface area contributed by atoms with E-state index in [1.807, 2.05) is 47.4 Å². The predicted molar refractivity (Wildman–Crippen MR) is 106 cm³/mol. The zero-order chi connectivity index (χ0) is 17.9. The Balaban J connectivity index is 1.38. The van der Waals surface area contributed by atoms with Crippen molar-refractivity contribution in [3.8, 4) is 0 Å². The lowest BCUT2D eigenvalue weighted by molar-refractivity contribution is -0.117. The number of aryl methyl sites for hydroxylation is 1. The van der Waals surface area contributed by atoms with Gasteiger partial charge >= 0.3 is 0 Å². The van der Waals surface area contributed by atoms with E-state index in [0.29, 0.717) is 5.75 Å². The van der Waals surface area contributed by atoms with Gasteiger partial charge in [0.2, 0.25) is 11.8 Å². The molecule has 1 fully saturated rings. The summed E-state index contributed by atoms with van der Waals surface area (Å²) in [6.45, 7) is 0.786. The Morgan fingerprint density at radius 1 is 1.12 bits per heavy atom. The summed E-state index contributed by atoms with van der Waals surface area (Å²) in [4.78, 5) is 27.5. The quantitative estimate of drug-likeness (QED) is 0.810. The van der Waals surface area contributed by atoms with Crippen LogP contribution in [0.15, 0.2) is 53.4 Å². The molecular formula is C21H22N2O2S. The molecule has 0 saturated heterocycles. The number of nitrogens with zero attached hydrogens (tertiary/aromatic N) is 1. The molecule has 1 aliphatic carbocycles. The topological polar surface area (TPSA) is 49.4 Å². The summed E-state index contributed by atoms with van der Waals surface area (Å²) in [6, 6.07) is 15.9. The molecule has 1 N–H and O–H groups in total. The van der Waals surface area contributed by atoms with E-state index in [9.17, 15) is 9.59 Å². The third kappa shape index (κ3) is 3.93. The molecule has 0 spiro atoms. The molecule has 4 nitrogen and oxygen atoms in total. The first-order chi connectivity index (χ1) is 12.7. The number of carbonyl (C=O) groups is 2. The van der Waals surface area contributed by atoms with Gasteiger partial charge in [0.15, 0.2) is 0 Å². The normalized spacial score (nSPS) is 16.1. The standard InChI is InChI=1S/C21H22N2O2S/c24-20(23-12-4-6-15-5-1-2-9-19(15)23)14-26-18-8-3-7-17(13-18)22-21(25)16-10-11-16/h1-3,5,7-9,13,16H,4,6,10-12,14H2,(H,22,25). The fourth-order valence-corrected chi connectivity index (χ4v) is 4.10. The fraction of sp³-hybridized carbons (Fsp3) is 0.333. The van der Waals surface area contributed by atoms with Crippen molar-refractivity contribution in [1.82, 2.24) is 0 Å². The van der Waals surface area contributed by atoms with Crippen molar-refractivity contribution in [2.24, 2.45) is 5.92 Å². The molecule has 0 radical (unpaired) electrons. The molecule has 2 aromatic carbocycles. The number of anilines is 2. The van der Waals surface area contributed by atoms with Gasteiger partial charge in [0.05, 0.1) is 5.75 Å². The van der Waals surface area contributed by atoms with E-state index in [1.165, 1.54) is 17.3 Å². The van der Waals surface area contributed by atoms with Gasteiger partial charge in [-0.1, -0.05) is 24.3 Å². The number of carbonyl (C=O) groups excluding carboxylic acids is 2. The Labute approximate surface area is 158 Å². The molecule has 26 heavy (non-hydrogen) atoms. The molecule has 1 aliphatic heterocycles. The molecule has 0 atom stereocenters. The van der Waals surface area contributed by atoms with E-state index < -0.39 is 0 Å². The molecule has 1 saturated carbocycles. The van der Waals surface area contributed by atoms with Crippen LogP contribution in [0.25, 0.3) is 0 Å². The van der Waals surface area contributed by atoms with Crippen molar-refractivity contribution in [3.05, 3.63) is 54.1 Å². The Kier molecular flexibility index (Phi) is 4.98.